The van der Waals surface area contributed by atoms with Gasteiger partial charge in [-0.2, -0.15) is 0 Å². The van der Waals surface area contributed by atoms with Gasteiger partial charge in [-0.3, -0.25) is 0 Å². The molecule has 0 aliphatic rings. The van der Waals surface area contributed by atoms with Gasteiger partial charge in [0.25, 0.3) is 0 Å². The molecule has 0 aliphatic heterocycles. The molecule has 6 nitrogen and oxygen atoms in total. The van der Waals surface area contributed by atoms with Gasteiger partial charge in [0.2, 0.25) is 5.89 Å². The minimum absolute atomic E-state index is 0.529. The highest BCUT2D eigenvalue weighted by Gasteiger charge is 2.24. The first-order valence-corrected chi connectivity index (χ1v) is 17.5. The van der Waals surface area contributed by atoms with Gasteiger partial charge in [-0.1, -0.05) is 109 Å². The molecule has 7 heteroatoms. The molecule has 4 heterocycles. The third kappa shape index (κ3) is 4.42. The van der Waals surface area contributed by atoms with E-state index >= 15 is 0 Å². The predicted octanol–water partition coefficient (Wildman–Crippen LogP) is 12.1. The van der Waals surface area contributed by atoms with Crippen LogP contribution in [0.2, 0.25) is 0 Å². The monoisotopic (exact) mass is 672 g/mol. The van der Waals surface area contributed by atoms with Crippen molar-refractivity contribution in [3.8, 4) is 45.6 Å². The zero-order chi connectivity index (χ0) is 33.5. The lowest BCUT2D eigenvalue weighted by Crippen LogP contribution is -2.01. The fourth-order valence-electron chi connectivity index (χ4n) is 7.22. The van der Waals surface area contributed by atoms with Crippen molar-refractivity contribution in [2.75, 3.05) is 0 Å². The summed E-state index contributed by atoms with van der Waals surface area (Å²) < 4.78 is 15.1. The van der Waals surface area contributed by atoms with Gasteiger partial charge in [0.05, 0.1) is 5.56 Å². The van der Waals surface area contributed by atoms with Gasteiger partial charge >= 0.3 is 0 Å². The van der Waals surface area contributed by atoms with Crippen molar-refractivity contribution in [3.63, 3.8) is 0 Å². The van der Waals surface area contributed by atoms with E-state index in [2.05, 4.69) is 72.8 Å². The molecule has 0 saturated heterocycles. The van der Waals surface area contributed by atoms with Crippen LogP contribution in [-0.2, 0) is 0 Å². The van der Waals surface area contributed by atoms with Gasteiger partial charge in [0, 0.05) is 53.7 Å². The number of hydrogen-bond acceptors (Lipinski definition) is 7. The quantitative estimate of drug-likeness (QED) is 0.185. The van der Waals surface area contributed by atoms with Crippen molar-refractivity contribution >= 4 is 75.3 Å². The highest BCUT2D eigenvalue weighted by Crippen LogP contribution is 2.45. The molecular formula is C44H24N4O2S. The number of fused-ring (bicyclic) bond motifs is 8. The van der Waals surface area contributed by atoms with Crippen molar-refractivity contribution in [2.24, 2.45) is 0 Å². The molecule has 0 unspecified atom stereocenters. The van der Waals surface area contributed by atoms with Crippen LogP contribution in [0.1, 0.15) is 0 Å². The molecular weight excluding hydrogens is 649 g/mol. The lowest BCUT2D eigenvalue weighted by molar-refractivity contribution is 0.620. The van der Waals surface area contributed by atoms with Gasteiger partial charge < -0.3 is 8.83 Å². The van der Waals surface area contributed by atoms with E-state index < -0.39 is 0 Å². The Morgan fingerprint density at radius 3 is 2.10 bits per heavy atom. The molecule has 0 N–H and O–H groups in total. The van der Waals surface area contributed by atoms with Crippen LogP contribution in [0.5, 0.6) is 0 Å². The van der Waals surface area contributed by atoms with E-state index in [9.17, 15) is 0 Å². The summed E-state index contributed by atoms with van der Waals surface area (Å²) in [5.74, 6) is 2.20. The van der Waals surface area contributed by atoms with E-state index in [1.165, 1.54) is 4.70 Å². The Bertz CT molecular complexity index is 3160. The Kier molecular flexibility index (Phi) is 6.02. The van der Waals surface area contributed by atoms with Crippen molar-refractivity contribution in [2.45, 2.75) is 0 Å². The predicted molar refractivity (Wildman–Crippen MR) is 207 cm³/mol. The molecule has 51 heavy (non-hydrogen) atoms. The number of rotatable bonds is 4. The zero-order valence-corrected chi connectivity index (χ0v) is 27.7. The molecule has 0 fully saturated rings. The minimum Gasteiger partial charge on any atom is -0.456 e. The summed E-state index contributed by atoms with van der Waals surface area (Å²) in [4.78, 5) is 20.9. The highest BCUT2D eigenvalue weighted by atomic mass is 32.1. The number of hydrogen-bond donors (Lipinski definition) is 0. The molecule has 4 aromatic heterocycles. The molecule has 0 saturated carbocycles. The van der Waals surface area contributed by atoms with Crippen LogP contribution in [0, 0.1) is 0 Å². The van der Waals surface area contributed by atoms with Crippen LogP contribution in [0.3, 0.4) is 0 Å². The Hall–Kier alpha value is -6.70. The third-order valence-electron chi connectivity index (χ3n) is 9.56. The molecule has 0 spiro atoms. The topological polar surface area (TPSA) is 77.8 Å². The van der Waals surface area contributed by atoms with Crippen LogP contribution in [0.25, 0.3) is 110 Å². The van der Waals surface area contributed by atoms with Crippen molar-refractivity contribution in [1.82, 2.24) is 19.9 Å². The van der Waals surface area contributed by atoms with Gasteiger partial charge in [-0.15, -0.1) is 11.3 Å². The van der Waals surface area contributed by atoms with Crippen LogP contribution in [-0.4, -0.2) is 19.9 Å². The first-order valence-electron chi connectivity index (χ1n) is 16.7. The Morgan fingerprint density at radius 1 is 0.431 bits per heavy atom. The average Bonchev–Trinajstić information content (AvgIpc) is 3.90. The molecule has 7 aromatic carbocycles. The summed E-state index contributed by atoms with van der Waals surface area (Å²) >= 11 is 1.73. The maximum atomic E-state index is 6.61. The third-order valence-corrected chi connectivity index (χ3v) is 10.7. The maximum Gasteiger partial charge on any atom is 0.227 e. The van der Waals surface area contributed by atoms with Gasteiger partial charge in [0.15, 0.2) is 23.1 Å². The molecule has 238 valence electrons. The van der Waals surface area contributed by atoms with Gasteiger partial charge in [-0.25, -0.2) is 19.9 Å². The maximum absolute atomic E-state index is 6.61. The number of nitrogens with zero attached hydrogens (tertiary/aromatic N) is 4. The summed E-state index contributed by atoms with van der Waals surface area (Å²) in [6, 6.07) is 49.4. The molecule has 0 amide bonds. The molecule has 0 atom stereocenters. The summed E-state index contributed by atoms with van der Waals surface area (Å²) in [5, 5.41) is 6.43. The number of oxazole rings is 1. The summed E-state index contributed by atoms with van der Waals surface area (Å²) in [6.45, 7) is 0. The molecule has 0 radical (unpaired) electrons. The number of benzene rings is 7. The van der Waals surface area contributed by atoms with Crippen molar-refractivity contribution < 1.29 is 8.83 Å². The van der Waals surface area contributed by atoms with E-state index in [0.29, 0.717) is 34.5 Å². The lowest BCUT2D eigenvalue weighted by Gasteiger charge is -2.10. The molecule has 11 aromatic rings. The largest absolute Gasteiger partial charge is 0.456 e. The molecule has 0 aliphatic carbocycles. The van der Waals surface area contributed by atoms with Crippen LogP contribution in [0.15, 0.2) is 154 Å². The second-order valence-electron chi connectivity index (χ2n) is 12.6. The smallest absolute Gasteiger partial charge is 0.227 e. The first kappa shape index (κ1) is 28.2. The van der Waals surface area contributed by atoms with E-state index in [4.69, 9.17) is 28.8 Å². The zero-order valence-electron chi connectivity index (χ0n) is 26.9. The Morgan fingerprint density at radius 2 is 1.18 bits per heavy atom. The fourth-order valence-corrected chi connectivity index (χ4v) is 8.36. The average molecular weight is 673 g/mol. The van der Waals surface area contributed by atoms with Crippen LogP contribution >= 0.6 is 11.3 Å². The lowest BCUT2D eigenvalue weighted by atomic mass is 10.0. The SMILES string of the molecule is c1ccc(-c2nc(-c3cccc4oc5ccccc5c34)nc(-c3c4nc(-c5ccc6ccccc6c5)oc4cc4sc5ccccc5c34)n2)cc1. The van der Waals surface area contributed by atoms with Crippen molar-refractivity contribution in [3.05, 3.63) is 146 Å². The van der Waals surface area contributed by atoms with Gasteiger partial charge in [0.1, 0.15) is 16.7 Å². The van der Waals surface area contributed by atoms with E-state index in [0.717, 1.165) is 70.4 Å². The fraction of sp³-hybridized carbons (Fsp3) is 0. The molecule has 11 rings (SSSR count). The van der Waals surface area contributed by atoms with E-state index in [1.807, 2.05) is 72.8 Å². The standard InChI is InChI=1S/C44H24N4O2S/c1-2-12-26(13-3-1)41-46-42(31-17-10-19-33-37(31)29-15-6-8-18-32(29)49-33)48-43(47-41)39-38-30-16-7-9-20-35(30)51-36(38)24-34-40(39)45-44(50-34)28-22-21-25-11-4-5-14-27(25)23-28/h1-24H. The molecule has 0 bridgehead atoms. The minimum atomic E-state index is 0.529. The van der Waals surface area contributed by atoms with Gasteiger partial charge in [-0.05, 0) is 41.1 Å². The summed E-state index contributed by atoms with van der Waals surface area (Å²) in [6.07, 6.45) is 0. The van der Waals surface area contributed by atoms with E-state index in [-0.39, 0.29) is 0 Å². The number of thiophene rings is 1. The number of aromatic nitrogens is 4. The Balaban J connectivity index is 1.24. The first-order chi connectivity index (χ1) is 25.2. The summed E-state index contributed by atoms with van der Waals surface area (Å²) in [5.41, 5.74) is 6.47. The summed E-state index contributed by atoms with van der Waals surface area (Å²) in [7, 11) is 0. The number of furan rings is 1. The second-order valence-corrected chi connectivity index (χ2v) is 13.7. The van der Waals surface area contributed by atoms with Crippen molar-refractivity contribution in [1.29, 1.82) is 0 Å². The second kappa shape index (κ2) is 10.9. The number of para-hydroxylation sites is 1. The van der Waals surface area contributed by atoms with E-state index in [1.54, 1.807) is 11.3 Å². The normalized spacial score (nSPS) is 11.9. The van der Waals surface area contributed by atoms with Crippen LogP contribution in [0.4, 0.5) is 0 Å². The van der Waals surface area contributed by atoms with Crippen LogP contribution < -0.4 is 0 Å². The Labute approximate surface area is 294 Å². The highest BCUT2D eigenvalue weighted by molar-refractivity contribution is 7.26.